The quantitative estimate of drug-likeness (QED) is 0.786. The summed E-state index contributed by atoms with van der Waals surface area (Å²) in [6.45, 7) is 18.5. The highest BCUT2D eigenvalue weighted by molar-refractivity contribution is 5.56. The molecule has 0 unspecified atom stereocenters. The SMILES string of the molecule is CC.CC(C)c1cccc(-c2ncc(CN3CCN(C(C)C)CC3)cn2)c1.N. The van der Waals surface area contributed by atoms with E-state index in [1.54, 1.807) is 0 Å². The van der Waals surface area contributed by atoms with Crippen molar-refractivity contribution in [3.8, 4) is 11.4 Å². The highest BCUT2D eigenvalue weighted by Gasteiger charge is 2.18. The van der Waals surface area contributed by atoms with Crippen LogP contribution in [0.15, 0.2) is 36.7 Å². The van der Waals surface area contributed by atoms with Crippen LogP contribution >= 0.6 is 0 Å². The second-order valence-corrected chi connectivity index (χ2v) is 7.60. The van der Waals surface area contributed by atoms with Gasteiger partial charge in [-0.25, -0.2) is 9.97 Å². The Labute approximate surface area is 171 Å². The molecule has 1 aliphatic rings. The second kappa shape index (κ2) is 11.9. The number of aromatic nitrogens is 2. The lowest BCUT2D eigenvalue weighted by atomic mass is 10.0. The summed E-state index contributed by atoms with van der Waals surface area (Å²) in [6, 6.07) is 9.19. The molecule has 1 aromatic heterocycles. The smallest absolute Gasteiger partial charge is 0.159 e. The fraction of sp³-hybridized carbons (Fsp3) is 0.565. The van der Waals surface area contributed by atoms with Crippen molar-refractivity contribution >= 4 is 0 Å². The van der Waals surface area contributed by atoms with Crippen LogP contribution in [-0.2, 0) is 6.54 Å². The van der Waals surface area contributed by atoms with Crippen molar-refractivity contribution in [2.75, 3.05) is 26.2 Å². The molecule has 1 saturated heterocycles. The van der Waals surface area contributed by atoms with Crippen molar-refractivity contribution in [2.24, 2.45) is 0 Å². The topological polar surface area (TPSA) is 67.3 Å². The average Bonchev–Trinajstić information content (AvgIpc) is 2.70. The molecule has 0 amide bonds. The Morgan fingerprint density at radius 3 is 2.07 bits per heavy atom. The summed E-state index contributed by atoms with van der Waals surface area (Å²) in [5.74, 6) is 1.33. The number of piperazine rings is 1. The van der Waals surface area contributed by atoms with Gasteiger partial charge in [-0.2, -0.15) is 0 Å². The van der Waals surface area contributed by atoms with Gasteiger partial charge in [0.1, 0.15) is 0 Å². The van der Waals surface area contributed by atoms with Crippen molar-refractivity contribution in [1.82, 2.24) is 25.9 Å². The zero-order valence-corrected chi connectivity index (χ0v) is 18.7. The zero-order valence-electron chi connectivity index (χ0n) is 18.7. The molecular weight excluding hydrogens is 346 g/mol. The molecule has 0 radical (unpaired) electrons. The third kappa shape index (κ3) is 6.66. The van der Waals surface area contributed by atoms with Gasteiger partial charge in [0, 0.05) is 62.3 Å². The third-order valence-electron chi connectivity index (χ3n) is 5.06. The average molecular weight is 386 g/mol. The first-order chi connectivity index (χ1) is 13.0. The normalized spacial score (nSPS) is 15.1. The Morgan fingerprint density at radius 1 is 0.929 bits per heavy atom. The van der Waals surface area contributed by atoms with Crippen LogP contribution in [0.25, 0.3) is 11.4 Å². The second-order valence-electron chi connectivity index (χ2n) is 7.60. The van der Waals surface area contributed by atoms with E-state index in [-0.39, 0.29) is 6.15 Å². The maximum Gasteiger partial charge on any atom is 0.159 e. The molecule has 1 aromatic carbocycles. The van der Waals surface area contributed by atoms with Gasteiger partial charge in [-0.15, -0.1) is 0 Å². The molecule has 2 heterocycles. The van der Waals surface area contributed by atoms with Gasteiger partial charge in [0.25, 0.3) is 0 Å². The number of hydrogen-bond acceptors (Lipinski definition) is 5. The van der Waals surface area contributed by atoms with E-state index < -0.39 is 0 Å². The van der Waals surface area contributed by atoms with Crippen molar-refractivity contribution < 1.29 is 0 Å². The van der Waals surface area contributed by atoms with Crippen LogP contribution in [0.2, 0.25) is 0 Å². The number of benzene rings is 1. The van der Waals surface area contributed by atoms with E-state index in [0.29, 0.717) is 12.0 Å². The van der Waals surface area contributed by atoms with Gasteiger partial charge in [0.2, 0.25) is 0 Å². The van der Waals surface area contributed by atoms with E-state index in [0.717, 1.165) is 44.1 Å². The van der Waals surface area contributed by atoms with E-state index in [4.69, 9.17) is 0 Å². The fourth-order valence-corrected chi connectivity index (χ4v) is 3.32. The molecule has 1 fully saturated rings. The minimum atomic E-state index is 0. The lowest BCUT2D eigenvalue weighted by molar-refractivity contribution is 0.104. The van der Waals surface area contributed by atoms with Gasteiger partial charge in [0.15, 0.2) is 5.82 Å². The molecule has 1 aliphatic heterocycles. The van der Waals surface area contributed by atoms with Crippen molar-refractivity contribution in [3.05, 3.63) is 47.8 Å². The standard InChI is InChI=1S/C21H30N4.C2H6.H3N/c1-16(2)19-6-5-7-20(12-19)21-22-13-18(14-23-21)15-24-8-10-25(11-9-24)17(3)4;1-2;/h5-7,12-14,16-17H,8-11,15H2,1-4H3;1-2H3;1H3. The summed E-state index contributed by atoms with van der Waals surface area (Å²) < 4.78 is 0. The van der Waals surface area contributed by atoms with Crippen molar-refractivity contribution in [2.45, 2.75) is 60.0 Å². The van der Waals surface area contributed by atoms with Gasteiger partial charge < -0.3 is 6.15 Å². The van der Waals surface area contributed by atoms with E-state index in [1.165, 1.54) is 11.1 Å². The van der Waals surface area contributed by atoms with Crippen LogP contribution in [0.5, 0.6) is 0 Å². The summed E-state index contributed by atoms with van der Waals surface area (Å²) in [5, 5.41) is 0. The van der Waals surface area contributed by atoms with E-state index in [2.05, 4.69) is 71.7 Å². The van der Waals surface area contributed by atoms with Crippen LogP contribution < -0.4 is 6.15 Å². The number of nitrogens with zero attached hydrogens (tertiary/aromatic N) is 4. The molecule has 156 valence electrons. The first-order valence-electron chi connectivity index (χ1n) is 10.4. The number of rotatable bonds is 5. The molecule has 0 atom stereocenters. The fourth-order valence-electron chi connectivity index (χ4n) is 3.32. The molecule has 5 nitrogen and oxygen atoms in total. The molecule has 0 bridgehead atoms. The molecule has 3 rings (SSSR count). The van der Waals surface area contributed by atoms with Gasteiger partial charge >= 0.3 is 0 Å². The molecule has 0 saturated carbocycles. The molecule has 0 spiro atoms. The first-order valence-corrected chi connectivity index (χ1v) is 10.4. The predicted octanol–water partition coefficient (Wildman–Crippen LogP) is 4.98. The lowest BCUT2D eigenvalue weighted by Gasteiger charge is -2.36. The summed E-state index contributed by atoms with van der Waals surface area (Å²) >= 11 is 0. The Bertz CT molecular complexity index is 674. The predicted molar refractivity (Wildman–Crippen MR) is 120 cm³/mol. The Kier molecular flexibility index (Phi) is 10.3. The van der Waals surface area contributed by atoms with Gasteiger partial charge in [-0.05, 0) is 31.4 Å². The summed E-state index contributed by atoms with van der Waals surface area (Å²) in [6.07, 6.45) is 3.97. The number of hydrogen-bond donors (Lipinski definition) is 1. The van der Waals surface area contributed by atoms with Gasteiger partial charge in [-0.3, -0.25) is 9.80 Å². The molecule has 0 aliphatic carbocycles. The van der Waals surface area contributed by atoms with Gasteiger partial charge in [0.05, 0.1) is 0 Å². The van der Waals surface area contributed by atoms with Crippen LogP contribution in [0.1, 0.15) is 58.6 Å². The molecule has 28 heavy (non-hydrogen) atoms. The molecule has 2 aromatic rings. The van der Waals surface area contributed by atoms with Crippen molar-refractivity contribution in [3.63, 3.8) is 0 Å². The zero-order chi connectivity index (χ0) is 19.8. The Balaban J connectivity index is 0.00000127. The summed E-state index contributed by atoms with van der Waals surface area (Å²) in [4.78, 5) is 14.3. The minimum Gasteiger partial charge on any atom is -0.344 e. The monoisotopic (exact) mass is 385 g/mol. The maximum absolute atomic E-state index is 4.61. The Hall–Kier alpha value is -1.82. The van der Waals surface area contributed by atoms with Crippen LogP contribution in [0, 0.1) is 0 Å². The van der Waals surface area contributed by atoms with E-state index in [9.17, 15) is 0 Å². The van der Waals surface area contributed by atoms with Crippen molar-refractivity contribution in [1.29, 1.82) is 0 Å². The maximum atomic E-state index is 4.61. The van der Waals surface area contributed by atoms with Gasteiger partial charge in [-0.1, -0.05) is 45.9 Å². The highest BCUT2D eigenvalue weighted by atomic mass is 15.3. The minimum absolute atomic E-state index is 0. The lowest BCUT2D eigenvalue weighted by Crippen LogP contribution is -2.48. The van der Waals surface area contributed by atoms with Crippen LogP contribution in [0.3, 0.4) is 0 Å². The van der Waals surface area contributed by atoms with Crippen LogP contribution in [-0.4, -0.2) is 52.0 Å². The Morgan fingerprint density at radius 2 is 1.54 bits per heavy atom. The van der Waals surface area contributed by atoms with E-state index in [1.807, 2.05) is 26.2 Å². The summed E-state index contributed by atoms with van der Waals surface area (Å²) in [7, 11) is 0. The van der Waals surface area contributed by atoms with E-state index >= 15 is 0 Å². The molecular formula is C23H39N5. The highest BCUT2D eigenvalue weighted by Crippen LogP contribution is 2.21. The molecule has 5 heteroatoms. The van der Waals surface area contributed by atoms with Crippen LogP contribution in [0.4, 0.5) is 0 Å². The molecule has 3 N–H and O–H groups in total. The third-order valence-corrected chi connectivity index (χ3v) is 5.06. The largest absolute Gasteiger partial charge is 0.344 e. The summed E-state index contributed by atoms with van der Waals surface area (Å²) in [5.41, 5.74) is 3.62. The first kappa shape index (κ1) is 24.2.